The molecule has 0 aliphatic carbocycles. The van der Waals surface area contributed by atoms with Crippen LogP contribution in [-0.4, -0.2) is 12.6 Å². The molecule has 2 N–H and O–H groups in total. The van der Waals surface area contributed by atoms with Crippen LogP contribution in [0.4, 0.5) is 0 Å². The van der Waals surface area contributed by atoms with Crippen molar-refractivity contribution in [3.05, 3.63) is 21.9 Å². The number of hydrogen-bond donors (Lipinski definition) is 1. The predicted octanol–water partition coefficient (Wildman–Crippen LogP) is 1.98. The Bertz CT molecular complexity index is 333. The Morgan fingerprint density at radius 1 is 1.57 bits per heavy atom. The normalized spacial score (nSPS) is 10.0. The van der Waals surface area contributed by atoms with E-state index >= 15 is 0 Å². The first-order valence-electron chi connectivity index (χ1n) is 4.61. The van der Waals surface area contributed by atoms with Gasteiger partial charge in [-0.2, -0.15) is 0 Å². The maximum Gasteiger partial charge on any atom is 0.0825 e. The molecule has 76 valence electrons. The van der Waals surface area contributed by atoms with Crippen LogP contribution in [0.15, 0.2) is 11.4 Å². The summed E-state index contributed by atoms with van der Waals surface area (Å²) in [6.07, 6.45) is 0.257. The van der Waals surface area contributed by atoms with Gasteiger partial charge in [0, 0.05) is 10.4 Å². The molecule has 0 atom stereocenters. The molecule has 0 saturated heterocycles. The lowest BCUT2D eigenvalue weighted by molar-refractivity contribution is 0.0673. The van der Waals surface area contributed by atoms with Gasteiger partial charge >= 0.3 is 0 Å². The summed E-state index contributed by atoms with van der Waals surface area (Å²) < 4.78 is 5.52. The van der Waals surface area contributed by atoms with Gasteiger partial charge in [0.1, 0.15) is 0 Å². The molecule has 1 rings (SSSR count). The highest BCUT2D eigenvalue weighted by atomic mass is 32.1. The molecule has 1 aromatic rings. The van der Waals surface area contributed by atoms with Gasteiger partial charge in [0.25, 0.3) is 0 Å². The summed E-state index contributed by atoms with van der Waals surface area (Å²) in [7, 11) is 0. The molecule has 2 nitrogen and oxygen atoms in total. The van der Waals surface area contributed by atoms with Crippen molar-refractivity contribution >= 4 is 11.3 Å². The molecule has 3 heteroatoms. The van der Waals surface area contributed by atoms with Crippen LogP contribution >= 0.6 is 11.3 Å². The molecule has 0 amide bonds. The van der Waals surface area contributed by atoms with Crippen LogP contribution in [-0.2, 0) is 11.3 Å². The molecule has 1 heterocycles. The molecule has 0 unspecified atom stereocenters. The van der Waals surface area contributed by atoms with Gasteiger partial charge < -0.3 is 10.5 Å². The Balaban J connectivity index is 2.63. The maximum absolute atomic E-state index is 5.52. The van der Waals surface area contributed by atoms with Crippen molar-refractivity contribution in [3.63, 3.8) is 0 Å². The van der Waals surface area contributed by atoms with Crippen molar-refractivity contribution in [3.8, 4) is 11.8 Å². The summed E-state index contributed by atoms with van der Waals surface area (Å²) >= 11 is 1.67. The molecule has 0 fully saturated rings. The molecule has 0 saturated carbocycles. The molecule has 0 radical (unpaired) electrons. The van der Waals surface area contributed by atoms with E-state index in [0.717, 1.165) is 5.56 Å². The summed E-state index contributed by atoms with van der Waals surface area (Å²) in [4.78, 5) is 1.18. The minimum absolute atomic E-state index is 0.257. The standard InChI is InChI=1S/C11H15NOS/c1-9(2)13-8-11-10(4-3-6-12)5-7-14-11/h5,7,9H,6,8,12H2,1-2H3. The number of ether oxygens (including phenoxy) is 1. The van der Waals surface area contributed by atoms with Gasteiger partial charge in [0.15, 0.2) is 0 Å². The minimum Gasteiger partial charge on any atom is -0.373 e. The summed E-state index contributed by atoms with van der Waals surface area (Å²) in [5.74, 6) is 5.88. The molecule has 1 aromatic heterocycles. The van der Waals surface area contributed by atoms with E-state index in [9.17, 15) is 0 Å². The highest BCUT2D eigenvalue weighted by Gasteiger charge is 2.02. The molecule has 0 aliphatic rings. The second-order valence-electron chi connectivity index (χ2n) is 3.12. The highest BCUT2D eigenvalue weighted by Crippen LogP contribution is 2.17. The number of thiophene rings is 1. The van der Waals surface area contributed by atoms with Crippen LogP contribution in [0.25, 0.3) is 0 Å². The Kier molecular flexibility index (Phi) is 4.68. The van der Waals surface area contributed by atoms with Gasteiger partial charge in [0.05, 0.1) is 19.3 Å². The molecule has 0 spiro atoms. The average Bonchev–Trinajstić information content (AvgIpc) is 2.58. The second-order valence-corrected chi connectivity index (χ2v) is 4.12. The molecular weight excluding hydrogens is 194 g/mol. The topological polar surface area (TPSA) is 35.2 Å². The largest absolute Gasteiger partial charge is 0.373 e. The average molecular weight is 209 g/mol. The van der Waals surface area contributed by atoms with Crippen molar-refractivity contribution in [2.45, 2.75) is 26.6 Å². The van der Waals surface area contributed by atoms with Crippen LogP contribution in [0.5, 0.6) is 0 Å². The zero-order valence-corrected chi connectivity index (χ0v) is 9.36. The van der Waals surface area contributed by atoms with Crippen molar-refractivity contribution in [1.29, 1.82) is 0 Å². The van der Waals surface area contributed by atoms with E-state index in [0.29, 0.717) is 13.2 Å². The third-order valence-corrected chi connectivity index (χ3v) is 2.51. The van der Waals surface area contributed by atoms with Gasteiger partial charge in [-0.15, -0.1) is 11.3 Å². The zero-order chi connectivity index (χ0) is 10.4. The van der Waals surface area contributed by atoms with Gasteiger partial charge in [0.2, 0.25) is 0 Å². The van der Waals surface area contributed by atoms with Crippen molar-refractivity contribution in [1.82, 2.24) is 0 Å². The zero-order valence-electron chi connectivity index (χ0n) is 8.54. The summed E-state index contributed by atoms with van der Waals surface area (Å²) in [5.41, 5.74) is 6.36. The first kappa shape index (κ1) is 11.3. The van der Waals surface area contributed by atoms with E-state index in [1.54, 1.807) is 11.3 Å². The van der Waals surface area contributed by atoms with Gasteiger partial charge in [-0.1, -0.05) is 11.8 Å². The lowest BCUT2D eigenvalue weighted by Gasteiger charge is -2.05. The quantitative estimate of drug-likeness (QED) is 0.773. The predicted molar refractivity (Wildman–Crippen MR) is 60.2 cm³/mol. The smallest absolute Gasteiger partial charge is 0.0825 e. The van der Waals surface area contributed by atoms with Gasteiger partial charge in [-0.3, -0.25) is 0 Å². The Hall–Kier alpha value is -0.820. The van der Waals surface area contributed by atoms with E-state index < -0.39 is 0 Å². The van der Waals surface area contributed by atoms with Crippen LogP contribution in [0.2, 0.25) is 0 Å². The van der Waals surface area contributed by atoms with Crippen LogP contribution in [0.3, 0.4) is 0 Å². The Labute approximate surface area is 89.1 Å². The van der Waals surface area contributed by atoms with Crippen LogP contribution < -0.4 is 5.73 Å². The number of rotatable bonds is 3. The lowest BCUT2D eigenvalue weighted by atomic mass is 10.2. The van der Waals surface area contributed by atoms with Crippen LogP contribution in [0.1, 0.15) is 24.3 Å². The number of nitrogens with two attached hydrogens (primary N) is 1. The third kappa shape index (κ3) is 3.51. The lowest BCUT2D eigenvalue weighted by Crippen LogP contribution is -2.01. The summed E-state index contributed by atoms with van der Waals surface area (Å²) in [6, 6.07) is 2.01. The Morgan fingerprint density at radius 2 is 2.36 bits per heavy atom. The van der Waals surface area contributed by atoms with E-state index in [1.807, 2.05) is 25.3 Å². The molecule has 14 heavy (non-hydrogen) atoms. The Morgan fingerprint density at radius 3 is 3.00 bits per heavy atom. The highest BCUT2D eigenvalue weighted by molar-refractivity contribution is 7.10. The first-order valence-corrected chi connectivity index (χ1v) is 5.49. The molecule has 0 aliphatic heterocycles. The fourth-order valence-corrected chi connectivity index (χ4v) is 1.70. The van der Waals surface area contributed by atoms with E-state index in [-0.39, 0.29) is 6.10 Å². The fraction of sp³-hybridized carbons (Fsp3) is 0.455. The van der Waals surface area contributed by atoms with Gasteiger partial charge in [-0.25, -0.2) is 0 Å². The summed E-state index contributed by atoms with van der Waals surface area (Å²) in [6.45, 7) is 5.10. The number of hydrogen-bond acceptors (Lipinski definition) is 3. The van der Waals surface area contributed by atoms with E-state index in [1.165, 1.54) is 4.88 Å². The third-order valence-electron chi connectivity index (χ3n) is 1.62. The molecule has 0 bridgehead atoms. The maximum atomic E-state index is 5.52. The molecule has 0 aromatic carbocycles. The monoisotopic (exact) mass is 209 g/mol. The minimum atomic E-state index is 0.257. The SMILES string of the molecule is CC(C)OCc1sccc1C#CCN. The summed E-state index contributed by atoms with van der Waals surface area (Å²) in [5, 5.41) is 2.03. The van der Waals surface area contributed by atoms with E-state index in [2.05, 4.69) is 11.8 Å². The van der Waals surface area contributed by atoms with Crippen LogP contribution in [0, 0.1) is 11.8 Å². The first-order chi connectivity index (χ1) is 6.74. The van der Waals surface area contributed by atoms with Gasteiger partial charge in [-0.05, 0) is 25.3 Å². The van der Waals surface area contributed by atoms with E-state index in [4.69, 9.17) is 10.5 Å². The van der Waals surface area contributed by atoms with Crippen molar-refractivity contribution in [2.24, 2.45) is 5.73 Å². The molecular formula is C11H15NOS. The second kappa shape index (κ2) is 5.82. The van der Waals surface area contributed by atoms with Crippen molar-refractivity contribution in [2.75, 3.05) is 6.54 Å². The fourth-order valence-electron chi connectivity index (χ4n) is 0.952. The van der Waals surface area contributed by atoms with Crippen molar-refractivity contribution < 1.29 is 4.74 Å².